The number of methoxy groups -OCH3 is 2. The molecule has 0 radical (unpaired) electrons. The Morgan fingerprint density at radius 1 is 1.02 bits per heavy atom. The maximum Gasteiger partial charge on any atom is 0.519 e. The van der Waals surface area contributed by atoms with Crippen LogP contribution in [0.4, 0.5) is 0 Å². The topological polar surface area (TPSA) is 183 Å². The zero-order chi connectivity index (χ0) is 32.7. The normalized spacial score (nSPS) is 17.6. The van der Waals surface area contributed by atoms with Crippen LogP contribution < -0.4 is 16.5 Å². The van der Waals surface area contributed by atoms with E-state index in [1.807, 2.05) is 30.3 Å². The molecule has 3 aromatic rings. The molecule has 0 aliphatic carbocycles. The Morgan fingerprint density at radius 3 is 2.24 bits per heavy atom. The van der Waals surface area contributed by atoms with Crippen LogP contribution in [0.2, 0.25) is 0 Å². The number of epoxide rings is 1. The van der Waals surface area contributed by atoms with Gasteiger partial charge in [0.15, 0.2) is 11.5 Å². The standard InChI is InChI=1S/C30H36N4O10S/c1-17-23(44-29(39)43-17)13-34(28(38)24-12-31-18(2)45-24)22(15-41-5)27(37)33-21(14-40-4)26(36)32-20(25(35)30(3)16-42-30)11-19-9-7-6-8-10-19/h6-10,12,20-22H,11,13-16H2,1-5H3,(H,32,36)(H,33,37). The lowest BCUT2D eigenvalue weighted by Crippen LogP contribution is -2.59. The highest BCUT2D eigenvalue weighted by Crippen LogP contribution is 2.29. The number of ether oxygens (including phenoxy) is 3. The van der Waals surface area contributed by atoms with E-state index in [0.717, 1.165) is 21.8 Å². The van der Waals surface area contributed by atoms with Crippen LogP contribution in [0.1, 0.15) is 38.7 Å². The van der Waals surface area contributed by atoms with E-state index in [1.165, 1.54) is 27.3 Å². The van der Waals surface area contributed by atoms with Crippen LogP contribution in [0.25, 0.3) is 0 Å². The molecule has 14 nitrogen and oxygen atoms in total. The van der Waals surface area contributed by atoms with Gasteiger partial charge in [-0.3, -0.25) is 19.2 Å². The van der Waals surface area contributed by atoms with Crippen molar-refractivity contribution in [3.8, 4) is 0 Å². The van der Waals surface area contributed by atoms with Crippen LogP contribution in [0.3, 0.4) is 0 Å². The number of nitrogens with one attached hydrogen (secondary N) is 2. The molecule has 4 unspecified atom stereocenters. The Bertz CT molecular complexity index is 1560. The average molecular weight is 645 g/mol. The Kier molecular flexibility index (Phi) is 11.0. The second-order valence-corrected chi connectivity index (χ2v) is 12.0. The fourth-order valence-electron chi connectivity index (χ4n) is 4.63. The van der Waals surface area contributed by atoms with E-state index >= 15 is 0 Å². The molecule has 15 heteroatoms. The minimum absolute atomic E-state index is 0.0349. The Morgan fingerprint density at radius 2 is 1.69 bits per heavy atom. The first-order valence-electron chi connectivity index (χ1n) is 14.1. The Balaban J connectivity index is 1.58. The van der Waals surface area contributed by atoms with Crippen molar-refractivity contribution in [1.29, 1.82) is 0 Å². The van der Waals surface area contributed by atoms with Crippen LogP contribution in [-0.4, -0.2) is 91.2 Å². The number of rotatable bonds is 16. The smallest absolute Gasteiger partial charge is 0.396 e. The minimum atomic E-state index is -1.29. The second-order valence-electron chi connectivity index (χ2n) is 10.7. The molecule has 45 heavy (non-hydrogen) atoms. The van der Waals surface area contributed by atoms with E-state index in [0.29, 0.717) is 5.01 Å². The molecule has 1 fully saturated rings. The number of thiazole rings is 1. The first-order valence-corrected chi connectivity index (χ1v) is 14.9. The van der Waals surface area contributed by atoms with Crippen molar-refractivity contribution in [2.75, 3.05) is 34.0 Å². The van der Waals surface area contributed by atoms with Gasteiger partial charge in [-0.05, 0) is 32.8 Å². The summed E-state index contributed by atoms with van der Waals surface area (Å²) in [6, 6.07) is 5.69. The molecule has 242 valence electrons. The van der Waals surface area contributed by atoms with Crippen molar-refractivity contribution in [1.82, 2.24) is 20.5 Å². The predicted octanol–water partition coefficient (Wildman–Crippen LogP) is 1.18. The first kappa shape index (κ1) is 33.7. The van der Waals surface area contributed by atoms with Gasteiger partial charge in [-0.25, -0.2) is 9.78 Å². The molecular weight excluding hydrogens is 608 g/mol. The number of hydrogen-bond donors (Lipinski definition) is 2. The number of aryl methyl sites for hydroxylation is 2. The molecule has 1 saturated heterocycles. The number of benzene rings is 1. The molecular formula is C30H36N4O10S. The van der Waals surface area contributed by atoms with Gasteiger partial charge in [0, 0.05) is 14.2 Å². The molecule has 4 atom stereocenters. The number of ketones is 1. The summed E-state index contributed by atoms with van der Waals surface area (Å²) >= 11 is 1.12. The summed E-state index contributed by atoms with van der Waals surface area (Å²) in [6.45, 7) is 4.28. The molecule has 0 saturated carbocycles. The zero-order valence-electron chi connectivity index (χ0n) is 25.6. The van der Waals surface area contributed by atoms with Crippen LogP contribution >= 0.6 is 11.3 Å². The van der Waals surface area contributed by atoms with Gasteiger partial charge in [-0.2, -0.15) is 0 Å². The summed E-state index contributed by atoms with van der Waals surface area (Å²) in [4.78, 5) is 71.7. The lowest BCUT2D eigenvalue weighted by molar-refractivity contribution is -0.135. The molecule has 3 amide bonds. The minimum Gasteiger partial charge on any atom is -0.396 e. The van der Waals surface area contributed by atoms with E-state index in [2.05, 4.69) is 15.6 Å². The van der Waals surface area contributed by atoms with Gasteiger partial charge in [0.05, 0.1) is 43.6 Å². The molecule has 2 aromatic heterocycles. The predicted molar refractivity (Wildman–Crippen MR) is 160 cm³/mol. The molecule has 1 aliphatic heterocycles. The number of carbonyl (C=O) groups is 4. The van der Waals surface area contributed by atoms with Gasteiger partial charge < -0.3 is 38.6 Å². The van der Waals surface area contributed by atoms with Gasteiger partial charge in [-0.1, -0.05) is 30.3 Å². The van der Waals surface area contributed by atoms with Crippen molar-refractivity contribution in [3.05, 3.63) is 74.1 Å². The zero-order valence-corrected chi connectivity index (χ0v) is 26.4. The van der Waals surface area contributed by atoms with Gasteiger partial charge in [-0.15, -0.1) is 11.3 Å². The fraction of sp³-hybridized carbons (Fsp3) is 0.467. The van der Waals surface area contributed by atoms with E-state index in [9.17, 15) is 24.0 Å². The second kappa shape index (κ2) is 14.7. The average Bonchev–Trinajstić information content (AvgIpc) is 3.47. The van der Waals surface area contributed by atoms with Gasteiger partial charge in [0.1, 0.15) is 28.3 Å². The molecule has 1 aliphatic rings. The quantitative estimate of drug-likeness (QED) is 0.214. The Labute approximate surface area is 263 Å². The van der Waals surface area contributed by atoms with Crippen molar-refractivity contribution in [3.63, 3.8) is 0 Å². The van der Waals surface area contributed by atoms with Crippen molar-refractivity contribution in [2.24, 2.45) is 0 Å². The largest absolute Gasteiger partial charge is 0.519 e. The monoisotopic (exact) mass is 644 g/mol. The van der Waals surface area contributed by atoms with Crippen molar-refractivity contribution >= 4 is 34.8 Å². The van der Waals surface area contributed by atoms with E-state index in [1.54, 1.807) is 13.8 Å². The van der Waals surface area contributed by atoms with Gasteiger partial charge >= 0.3 is 5.82 Å². The first-order chi connectivity index (χ1) is 21.4. The summed E-state index contributed by atoms with van der Waals surface area (Å²) in [5.41, 5.74) is -0.187. The third-order valence-electron chi connectivity index (χ3n) is 7.23. The summed E-state index contributed by atoms with van der Waals surface area (Å²) in [5, 5.41) is 6.03. The SMILES string of the molecule is COCC(NC(=O)C(COC)N(Cc1oc(=O)oc1C)C(=O)c1cnc(C)s1)C(=O)NC(Cc1ccccc1)C(=O)C1(C)CO1. The summed E-state index contributed by atoms with van der Waals surface area (Å²) in [5.74, 6) is -3.10. The molecule has 2 N–H and O–H groups in total. The van der Waals surface area contributed by atoms with Crippen molar-refractivity contribution < 1.29 is 42.2 Å². The molecule has 1 aromatic carbocycles. The third kappa shape index (κ3) is 8.51. The lowest BCUT2D eigenvalue weighted by Gasteiger charge is -2.31. The van der Waals surface area contributed by atoms with Crippen LogP contribution in [0, 0.1) is 13.8 Å². The van der Waals surface area contributed by atoms with E-state index in [4.69, 9.17) is 23.0 Å². The molecule has 4 rings (SSSR count). The summed E-state index contributed by atoms with van der Waals surface area (Å²) in [6.07, 6.45) is 1.58. The number of aromatic nitrogens is 1. The molecule has 0 bridgehead atoms. The van der Waals surface area contributed by atoms with Crippen molar-refractivity contribution in [2.45, 2.75) is 57.5 Å². The highest BCUT2D eigenvalue weighted by Gasteiger charge is 2.50. The van der Waals surface area contributed by atoms with Crippen LogP contribution in [-0.2, 0) is 41.6 Å². The van der Waals surface area contributed by atoms with Crippen LogP contribution in [0.15, 0.2) is 50.2 Å². The third-order valence-corrected chi connectivity index (χ3v) is 8.13. The Hall–Kier alpha value is -4.18. The number of nitrogens with zero attached hydrogens (tertiary/aromatic N) is 2. The lowest BCUT2D eigenvalue weighted by atomic mass is 9.94. The van der Waals surface area contributed by atoms with Crippen LogP contribution in [0.5, 0.6) is 0 Å². The molecule has 0 spiro atoms. The number of hydrogen-bond acceptors (Lipinski definition) is 12. The van der Waals surface area contributed by atoms with Gasteiger partial charge in [0.2, 0.25) is 11.8 Å². The van der Waals surface area contributed by atoms with Gasteiger partial charge in [0.25, 0.3) is 5.91 Å². The fourth-order valence-corrected chi connectivity index (χ4v) is 5.37. The maximum atomic E-state index is 13.8. The molecule has 3 heterocycles. The highest BCUT2D eigenvalue weighted by atomic mass is 32.1. The number of carbonyl (C=O) groups excluding carboxylic acids is 4. The van der Waals surface area contributed by atoms with E-state index < -0.39 is 47.3 Å². The number of amides is 3. The number of Topliss-reactive ketones (excluding diaryl/α,β-unsaturated/α-hetero) is 1. The summed E-state index contributed by atoms with van der Waals surface area (Å²) < 4.78 is 26.0. The van der Waals surface area contributed by atoms with E-state index in [-0.39, 0.29) is 55.0 Å². The highest BCUT2D eigenvalue weighted by molar-refractivity contribution is 7.13. The maximum absolute atomic E-state index is 13.8. The summed E-state index contributed by atoms with van der Waals surface area (Å²) in [7, 11) is 2.71.